The Morgan fingerprint density at radius 3 is 2.65 bits per heavy atom. The Balaban J connectivity index is 1.32. The molecule has 3 heteroatoms. The molecule has 7 aliphatic rings. The van der Waals surface area contributed by atoms with Crippen LogP contribution < -0.4 is 0 Å². The number of fused-ring (bicyclic) bond motifs is 10. The van der Waals surface area contributed by atoms with Crippen LogP contribution in [0.5, 0.6) is 0 Å². The summed E-state index contributed by atoms with van der Waals surface area (Å²) in [5, 5.41) is 22.1. The summed E-state index contributed by atoms with van der Waals surface area (Å²) in [5.74, 6) is 4.93. The van der Waals surface area contributed by atoms with Gasteiger partial charge in [-0.15, -0.1) is 0 Å². The molecule has 0 aromatic carbocycles. The van der Waals surface area contributed by atoms with Gasteiger partial charge < -0.3 is 14.9 Å². The van der Waals surface area contributed by atoms with Crippen LogP contribution in [0.15, 0.2) is 12.2 Å². The van der Waals surface area contributed by atoms with Gasteiger partial charge in [0.25, 0.3) is 0 Å². The molecule has 2 N–H and O–H groups in total. The highest BCUT2D eigenvalue weighted by Gasteiger charge is 2.90. The van der Waals surface area contributed by atoms with Crippen molar-refractivity contribution in [2.75, 3.05) is 0 Å². The molecule has 1 heterocycles. The minimum Gasteiger partial charge on any atom is -0.393 e. The molecule has 6 aliphatic carbocycles. The first-order chi connectivity index (χ1) is 12.4. The van der Waals surface area contributed by atoms with Crippen LogP contribution in [-0.4, -0.2) is 33.1 Å². The molecular weight excluding hydrogens is 324 g/mol. The number of epoxide rings is 1. The van der Waals surface area contributed by atoms with Gasteiger partial charge in [-0.2, -0.15) is 0 Å². The first-order valence-corrected chi connectivity index (χ1v) is 11.2. The van der Waals surface area contributed by atoms with Gasteiger partial charge in [0.2, 0.25) is 0 Å². The lowest BCUT2D eigenvalue weighted by Gasteiger charge is -2.62. The maximum atomic E-state index is 11.8. The van der Waals surface area contributed by atoms with Crippen molar-refractivity contribution in [2.45, 2.75) is 81.7 Å². The number of allylic oxidation sites excluding steroid dienone is 1. The average Bonchev–Trinajstić information content (AvgIpc) is 3.46. The van der Waals surface area contributed by atoms with Crippen molar-refractivity contribution in [3.63, 3.8) is 0 Å². The second-order valence-electron chi connectivity index (χ2n) is 11.3. The zero-order valence-corrected chi connectivity index (χ0v) is 16.0. The molecule has 26 heavy (non-hydrogen) atoms. The summed E-state index contributed by atoms with van der Waals surface area (Å²) in [4.78, 5) is 0. The van der Waals surface area contributed by atoms with E-state index in [1.165, 1.54) is 25.7 Å². The number of ether oxygens (including phenoxy) is 1. The molecule has 0 bridgehead atoms. The average molecular weight is 357 g/mol. The van der Waals surface area contributed by atoms with E-state index in [1.54, 1.807) is 0 Å². The molecule has 7 fully saturated rings. The Hall–Kier alpha value is -0.380. The molecular formula is C23H32O3. The van der Waals surface area contributed by atoms with E-state index in [0.29, 0.717) is 24.2 Å². The smallest absolute Gasteiger partial charge is 0.119 e. The van der Waals surface area contributed by atoms with Crippen LogP contribution >= 0.6 is 0 Å². The lowest BCUT2D eigenvalue weighted by molar-refractivity contribution is -0.222. The molecule has 1 spiro atoms. The first-order valence-electron chi connectivity index (χ1n) is 11.2. The van der Waals surface area contributed by atoms with Gasteiger partial charge in [-0.25, -0.2) is 0 Å². The predicted octanol–water partition coefficient (Wildman–Crippen LogP) is 3.29. The normalized spacial score (nSPS) is 71.8. The highest BCUT2D eigenvalue weighted by Crippen LogP contribution is 2.86. The van der Waals surface area contributed by atoms with Crippen LogP contribution in [0.2, 0.25) is 0 Å². The van der Waals surface area contributed by atoms with Gasteiger partial charge in [0.1, 0.15) is 11.2 Å². The van der Waals surface area contributed by atoms with E-state index in [-0.39, 0.29) is 22.7 Å². The van der Waals surface area contributed by atoms with E-state index in [9.17, 15) is 10.2 Å². The van der Waals surface area contributed by atoms with E-state index >= 15 is 0 Å². The minimum absolute atomic E-state index is 0.00129. The van der Waals surface area contributed by atoms with Crippen molar-refractivity contribution in [3.05, 3.63) is 12.2 Å². The molecule has 1 saturated heterocycles. The molecule has 0 aromatic rings. The second kappa shape index (κ2) is 4.14. The molecule has 0 amide bonds. The fourth-order valence-electron chi connectivity index (χ4n) is 9.77. The Morgan fingerprint density at radius 1 is 1.04 bits per heavy atom. The summed E-state index contributed by atoms with van der Waals surface area (Å²) in [7, 11) is 0. The molecule has 12 atom stereocenters. The van der Waals surface area contributed by atoms with Crippen LogP contribution in [0.1, 0.15) is 58.8 Å². The first kappa shape index (κ1) is 15.5. The number of aliphatic hydroxyl groups excluding tert-OH is 1. The molecule has 1 aliphatic heterocycles. The van der Waals surface area contributed by atoms with Crippen molar-refractivity contribution in [1.82, 2.24) is 0 Å². The predicted molar refractivity (Wildman–Crippen MR) is 97.2 cm³/mol. The topological polar surface area (TPSA) is 53.0 Å². The van der Waals surface area contributed by atoms with Crippen LogP contribution in [0.25, 0.3) is 0 Å². The summed E-state index contributed by atoms with van der Waals surface area (Å²) in [6.07, 6.45) is 11.8. The van der Waals surface area contributed by atoms with Crippen molar-refractivity contribution >= 4 is 0 Å². The quantitative estimate of drug-likeness (QED) is 0.560. The Labute approximate surface area is 156 Å². The second-order valence-corrected chi connectivity index (χ2v) is 11.3. The van der Waals surface area contributed by atoms with Crippen LogP contribution in [-0.2, 0) is 4.74 Å². The molecule has 0 radical (unpaired) electrons. The van der Waals surface area contributed by atoms with Crippen molar-refractivity contribution in [3.8, 4) is 0 Å². The minimum atomic E-state index is -0.618. The Kier molecular flexibility index (Phi) is 2.47. The third-order valence-corrected chi connectivity index (χ3v) is 10.8. The van der Waals surface area contributed by atoms with Gasteiger partial charge in [-0.05, 0) is 92.3 Å². The van der Waals surface area contributed by atoms with Gasteiger partial charge in [-0.3, -0.25) is 0 Å². The number of hydrogen-bond donors (Lipinski definition) is 2. The Bertz CT molecular complexity index is 733. The van der Waals surface area contributed by atoms with E-state index in [4.69, 9.17) is 4.74 Å². The lowest BCUT2D eigenvalue weighted by atomic mass is 9.44. The van der Waals surface area contributed by atoms with Crippen molar-refractivity contribution in [2.24, 2.45) is 46.8 Å². The van der Waals surface area contributed by atoms with Crippen LogP contribution in [0.4, 0.5) is 0 Å². The van der Waals surface area contributed by atoms with E-state index in [0.717, 1.165) is 36.5 Å². The molecule has 0 aromatic heterocycles. The standard InChI is InChI=1S/C23H32O3/c1-3-6-22-17-10-14(17)19-18-13-9-16(13)21(25)11-12(24)4-7-20(21,2)15(18)5-8-23(19,22)26-22/h3,6,12-19,24-25H,4-5,7-11H2,1-2H3/t12-,13-,14+,15?,16+,17-,18?,19?,20+,21+,22-,23+/m0/s1. The lowest BCUT2D eigenvalue weighted by Crippen LogP contribution is -2.64. The molecule has 142 valence electrons. The van der Waals surface area contributed by atoms with E-state index in [2.05, 4.69) is 26.0 Å². The van der Waals surface area contributed by atoms with Crippen LogP contribution in [0, 0.1) is 46.8 Å². The number of aliphatic hydroxyl groups is 2. The van der Waals surface area contributed by atoms with Crippen molar-refractivity contribution in [1.29, 1.82) is 0 Å². The van der Waals surface area contributed by atoms with Gasteiger partial charge in [-0.1, -0.05) is 19.1 Å². The summed E-state index contributed by atoms with van der Waals surface area (Å²) in [6.45, 7) is 4.53. The maximum absolute atomic E-state index is 11.8. The third kappa shape index (κ3) is 1.35. The zero-order valence-electron chi connectivity index (χ0n) is 16.0. The number of hydrogen-bond acceptors (Lipinski definition) is 3. The summed E-state index contributed by atoms with van der Waals surface area (Å²) in [5.41, 5.74) is -0.375. The zero-order chi connectivity index (χ0) is 17.7. The largest absolute Gasteiger partial charge is 0.393 e. The molecule has 7 rings (SSSR count). The van der Waals surface area contributed by atoms with E-state index < -0.39 is 5.60 Å². The van der Waals surface area contributed by atoms with Gasteiger partial charge in [0.15, 0.2) is 0 Å². The highest BCUT2D eigenvalue weighted by molar-refractivity contribution is 5.43. The molecule has 3 unspecified atom stereocenters. The fourth-order valence-corrected chi connectivity index (χ4v) is 9.77. The van der Waals surface area contributed by atoms with Crippen LogP contribution in [0.3, 0.4) is 0 Å². The summed E-state index contributed by atoms with van der Waals surface area (Å²) in [6, 6.07) is 0. The highest BCUT2D eigenvalue weighted by atomic mass is 16.6. The van der Waals surface area contributed by atoms with Gasteiger partial charge >= 0.3 is 0 Å². The third-order valence-electron chi connectivity index (χ3n) is 10.8. The molecule has 6 saturated carbocycles. The monoisotopic (exact) mass is 356 g/mol. The maximum Gasteiger partial charge on any atom is 0.119 e. The summed E-state index contributed by atoms with van der Waals surface area (Å²) < 4.78 is 6.66. The fraction of sp³-hybridized carbons (Fsp3) is 0.913. The number of rotatable bonds is 1. The van der Waals surface area contributed by atoms with Gasteiger partial charge in [0.05, 0.1) is 11.7 Å². The van der Waals surface area contributed by atoms with Crippen molar-refractivity contribution < 1.29 is 14.9 Å². The Morgan fingerprint density at radius 2 is 1.85 bits per heavy atom. The van der Waals surface area contributed by atoms with Gasteiger partial charge in [0, 0.05) is 6.42 Å². The summed E-state index contributed by atoms with van der Waals surface area (Å²) >= 11 is 0. The SMILES string of the molecule is CC=C[C@@]12O[C@@]13CCC1C(C3[C@@H]3C[C@@H]32)[C@H]2C[C@H]2[C@]2(O)C[C@@H](O)CC[C@]12C. The molecule has 3 nitrogen and oxygen atoms in total. The van der Waals surface area contributed by atoms with E-state index in [1.807, 2.05) is 0 Å².